The van der Waals surface area contributed by atoms with E-state index in [2.05, 4.69) is 5.73 Å². The molecule has 68 valence electrons. The Morgan fingerprint density at radius 1 is 1.33 bits per heavy atom. The lowest BCUT2D eigenvalue weighted by atomic mass is 10.2. The van der Waals surface area contributed by atoms with Gasteiger partial charge in [0.25, 0.3) is 0 Å². The molecule has 0 aromatic heterocycles. The Morgan fingerprint density at radius 2 is 1.67 bits per heavy atom. The zero-order valence-corrected chi connectivity index (χ0v) is 5.61. The van der Waals surface area contributed by atoms with Crippen LogP contribution in [-0.4, -0.2) is 33.1 Å². The summed E-state index contributed by atoms with van der Waals surface area (Å²) in [5.41, 5.74) is 4.68. The minimum absolute atomic E-state index is 1.35. The third-order valence-corrected chi connectivity index (χ3v) is 1.04. The predicted octanol–water partition coefficient (Wildman–Crippen LogP) is -1.72. The molecule has 0 aliphatic rings. The van der Waals surface area contributed by atoms with Crippen molar-refractivity contribution in [3.05, 3.63) is 20.2 Å². The summed E-state index contributed by atoms with van der Waals surface area (Å²) < 4.78 is 0. The van der Waals surface area contributed by atoms with Gasteiger partial charge in [0, 0.05) is 0 Å². The van der Waals surface area contributed by atoms with E-state index < -0.39 is 28.0 Å². The van der Waals surface area contributed by atoms with Crippen molar-refractivity contribution in [2.24, 2.45) is 5.73 Å². The van der Waals surface area contributed by atoms with E-state index in [0.717, 1.165) is 0 Å². The summed E-state index contributed by atoms with van der Waals surface area (Å²) in [5.74, 6) is -1.78. The molecule has 1 unspecified atom stereocenters. The molecule has 0 fully saturated rings. The van der Waals surface area contributed by atoms with Gasteiger partial charge in [-0.25, -0.2) is 4.79 Å². The number of hydrogen-bond donors (Lipinski definition) is 2. The van der Waals surface area contributed by atoms with Gasteiger partial charge in [0.1, 0.15) is 0 Å². The van der Waals surface area contributed by atoms with Gasteiger partial charge in [0.05, 0.1) is 9.85 Å². The molecule has 0 aliphatic heterocycles. The standard InChI is InChI=1S/C3H5N3O6/c4-1(3(7)8)2(5(9)10)6(11)12/h1-2H,4H2,(H,7,8). The zero-order chi connectivity index (χ0) is 9.89. The van der Waals surface area contributed by atoms with Crippen LogP contribution in [0, 0.1) is 20.2 Å². The summed E-state index contributed by atoms with van der Waals surface area (Å²) in [7, 11) is 0. The number of carboxylic acid groups (broad SMARTS) is 1. The second kappa shape index (κ2) is 3.57. The molecule has 0 rings (SSSR count). The van der Waals surface area contributed by atoms with Crippen LogP contribution in [0.4, 0.5) is 0 Å². The van der Waals surface area contributed by atoms with E-state index in [1.807, 2.05) is 0 Å². The van der Waals surface area contributed by atoms with Crippen LogP contribution in [0.5, 0.6) is 0 Å². The average molecular weight is 179 g/mol. The van der Waals surface area contributed by atoms with Gasteiger partial charge in [-0.05, 0) is 0 Å². The van der Waals surface area contributed by atoms with Crippen LogP contribution in [0.15, 0.2) is 0 Å². The molecule has 0 aliphatic carbocycles. The van der Waals surface area contributed by atoms with Gasteiger partial charge in [-0.1, -0.05) is 0 Å². The maximum Gasteiger partial charge on any atom is 0.475 e. The number of carbonyl (C=O) groups is 1. The first-order valence-corrected chi connectivity index (χ1v) is 2.63. The number of nitrogens with two attached hydrogens (primary N) is 1. The maximum atomic E-state index is 10.0. The molecule has 9 heteroatoms. The van der Waals surface area contributed by atoms with Crippen LogP contribution in [0.25, 0.3) is 0 Å². The number of hydrogen-bond acceptors (Lipinski definition) is 6. The zero-order valence-electron chi connectivity index (χ0n) is 5.61. The predicted molar refractivity (Wildman–Crippen MR) is 33.4 cm³/mol. The molecular formula is C3H5N3O6. The van der Waals surface area contributed by atoms with Crippen LogP contribution in [0.2, 0.25) is 0 Å². The lowest BCUT2D eigenvalue weighted by Crippen LogP contribution is -2.50. The van der Waals surface area contributed by atoms with Crippen molar-refractivity contribution in [3.8, 4) is 0 Å². The molecule has 0 spiro atoms. The van der Waals surface area contributed by atoms with Gasteiger partial charge < -0.3 is 10.8 Å². The Kier molecular flexibility index (Phi) is 3.04. The van der Waals surface area contributed by atoms with E-state index in [1.54, 1.807) is 0 Å². The minimum atomic E-state index is -2.50. The van der Waals surface area contributed by atoms with E-state index in [-0.39, 0.29) is 0 Å². The summed E-state index contributed by atoms with van der Waals surface area (Å²) in [6.45, 7) is 0. The van der Waals surface area contributed by atoms with Crippen molar-refractivity contribution in [1.29, 1.82) is 0 Å². The number of rotatable bonds is 4. The van der Waals surface area contributed by atoms with E-state index >= 15 is 0 Å². The molecule has 12 heavy (non-hydrogen) atoms. The minimum Gasteiger partial charge on any atom is -0.480 e. The Hall–Kier alpha value is -1.77. The summed E-state index contributed by atoms with van der Waals surface area (Å²) in [6, 6.07) is -2.13. The van der Waals surface area contributed by atoms with E-state index in [4.69, 9.17) is 5.11 Å². The van der Waals surface area contributed by atoms with Crippen LogP contribution in [0.1, 0.15) is 0 Å². The number of carboxylic acids is 1. The Bertz CT molecular complexity index is 212. The lowest BCUT2D eigenvalue weighted by Gasteiger charge is -2.04. The third kappa shape index (κ3) is 2.12. The monoisotopic (exact) mass is 179 g/mol. The van der Waals surface area contributed by atoms with Crippen molar-refractivity contribution in [2.45, 2.75) is 12.2 Å². The second-order valence-electron chi connectivity index (χ2n) is 1.85. The third-order valence-electron chi connectivity index (χ3n) is 1.04. The SMILES string of the molecule is NC(C(=O)O)C([N+](=O)[O-])[N+](=O)[O-]. The van der Waals surface area contributed by atoms with Crippen LogP contribution in [0.3, 0.4) is 0 Å². The molecule has 0 heterocycles. The maximum absolute atomic E-state index is 10.0. The first-order chi connectivity index (χ1) is 5.37. The van der Waals surface area contributed by atoms with Gasteiger partial charge in [-0.2, -0.15) is 0 Å². The van der Waals surface area contributed by atoms with Gasteiger partial charge >= 0.3 is 12.1 Å². The molecule has 0 bridgehead atoms. The molecule has 0 saturated heterocycles. The molecule has 0 radical (unpaired) electrons. The topological polar surface area (TPSA) is 150 Å². The molecule has 9 nitrogen and oxygen atoms in total. The fraction of sp³-hybridized carbons (Fsp3) is 0.667. The molecular weight excluding hydrogens is 174 g/mol. The largest absolute Gasteiger partial charge is 0.480 e. The first kappa shape index (κ1) is 10.2. The molecule has 0 saturated carbocycles. The fourth-order valence-corrected chi connectivity index (χ4v) is 0.467. The number of nitrogens with zero attached hydrogens (tertiary/aromatic N) is 2. The van der Waals surface area contributed by atoms with E-state index in [9.17, 15) is 25.0 Å². The van der Waals surface area contributed by atoms with E-state index in [0.29, 0.717) is 0 Å². The highest BCUT2D eigenvalue weighted by Crippen LogP contribution is 1.96. The van der Waals surface area contributed by atoms with E-state index in [1.165, 1.54) is 0 Å². The molecule has 0 aromatic rings. The van der Waals surface area contributed by atoms with Gasteiger partial charge in [-0.3, -0.25) is 20.2 Å². The van der Waals surface area contributed by atoms with Crippen molar-refractivity contribution in [3.63, 3.8) is 0 Å². The van der Waals surface area contributed by atoms with Gasteiger partial charge in [0.2, 0.25) is 6.04 Å². The highest BCUT2D eigenvalue weighted by atomic mass is 16.7. The lowest BCUT2D eigenvalue weighted by molar-refractivity contribution is -0.742. The van der Waals surface area contributed by atoms with Crippen LogP contribution in [-0.2, 0) is 4.79 Å². The smallest absolute Gasteiger partial charge is 0.475 e. The van der Waals surface area contributed by atoms with Crippen LogP contribution >= 0.6 is 0 Å². The molecule has 0 amide bonds. The molecule has 0 aromatic carbocycles. The van der Waals surface area contributed by atoms with Crippen molar-refractivity contribution in [2.75, 3.05) is 0 Å². The van der Waals surface area contributed by atoms with Gasteiger partial charge in [0.15, 0.2) is 0 Å². The fourth-order valence-electron chi connectivity index (χ4n) is 0.467. The van der Waals surface area contributed by atoms with Crippen molar-refractivity contribution >= 4 is 5.97 Å². The Labute approximate surface area is 65.1 Å². The van der Waals surface area contributed by atoms with Crippen molar-refractivity contribution in [1.82, 2.24) is 0 Å². The van der Waals surface area contributed by atoms with Crippen LogP contribution < -0.4 is 5.73 Å². The van der Waals surface area contributed by atoms with Gasteiger partial charge in [-0.15, -0.1) is 0 Å². The molecule has 1 atom stereocenters. The highest BCUT2D eigenvalue weighted by Gasteiger charge is 2.44. The average Bonchev–Trinajstić information content (AvgIpc) is 1.85. The number of nitro groups is 2. The summed E-state index contributed by atoms with van der Waals surface area (Å²) >= 11 is 0. The van der Waals surface area contributed by atoms with Crippen molar-refractivity contribution < 1.29 is 19.7 Å². The Morgan fingerprint density at radius 3 is 1.75 bits per heavy atom. The normalized spacial score (nSPS) is 12.5. The highest BCUT2D eigenvalue weighted by molar-refractivity contribution is 5.73. The first-order valence-electron chi connectivity index (χ1n) is 2.63. The summed E-state index contributed by atoms with van der Waals surface area (Å²) in [4.78, 5) is 27.1. The Balaban J connectivity index is 4.63. The quantitative estimate of drug-likeness (QED) is 0.296. The molecule has 3 N–H and O–H groups in total. The second-order valence-corrected chi connectivity index (χ2v) is 1.85. The number of aliphatic carboxylic acids is 1. The summed E-state index contributed by atoms with van der Waals surface area (Å²) in [6.07, 6.45) is -2.50. The summed E-state index contributed by atoms with van der Waals surface area (Å²) in [5, 5.41) is 27.9.